The lowest BCUT2D eigenvalue weighted by molar-refractivity contribution is 0.561. The Balaban J connectivity index is 2.01. The number of nitrogens with zero attached hydrogens (tertiary/aromatic N) is 3. The lowest BCUT2D eigenvalue weighted by Gasteiger charge is -2.07. The molecule has 0 amide bonds. The van der Waals surface area contributed by atoms with Crippen LogP contribution < -0.4 is 16.0 Å². The molecule has 0 atom stereocenters. The van der Waals surface area contributed by atoms with Gasteiger partial charge in [-0.25, -0.2) is 24.0 Å². The fraction of sp³-hybridized carbons (Fsp3) is 0.200. The summed E-state index contributed by atoms with van der Waals surface area (Å²) in [4.78, 5) is 3.96. The van der Waals surface area contributed by atoms with Crippen molar-refractivity contribution >= 4 is 15.8 Å². The first kappa shape index (κ1) is 13.5. The predicted octanol–water partition coefficient (Wildman–Crippen LogP) is -0.458. The lowest BCUT2D eigenvalue weighted by atomic mass is 10.5. The third-order valence-electron chi connectivity index (χ3n) is 2.38. The Morgan fingerprint density at radius 3 is 2.89 bits per heavy atom. The van der Waals surface area contributed by atoms with Gasteiger partial charge in [0, 0.05) is 31.2 Å². The van der Waals surface area contributed by atoms with Gasteiger partial charge in [-0.2, -0.15) is 5.10 Å². The summed E-state index contributed by atoms with van der Waals surface area (Å²) in [5.41, 5.74) is 2.30. The molecule has 2 aromatic rings. The van der Waals surface area contributed by atoms with Gasteiger partial charge in [-0.15, -0.1) is 0 Å². The molecular formula is C10H14N6O2S. The third-order valence-corrected chi connectivity index (χ3v) is 3.84. The molecule has 0 spiro atoms. The molecule has 0 fully saturated rings. The van der Waals surface area contributed by atoms with Gasteiger partial charge >= 0.3 is 0 Å². The summed E-state index contributed by atoms with van der Waals surface area (Å²) in [5, 5.41) is 3.98. The molecule has 0 aliphatic rings. The van der Waals surface area contributed by atoms with E-state index in [2.05, 4.69) is 20.2 Å². The molecule has 2 aromatic heterocycles. The smallest absolute Gasteiger partial charge is 0.240 e. The lowest BCUT2D eigenvalue weighted by Crippen LogP contribution is -2.27. The van der Waals surface area contributed by atoms with Gasteiger partial charge in [0.05, 0.1) is 11.4 Å². The van der Waals surface area contributed by atoms with E-state index in [1.165, 1.54) is 18.3 Å². The van der Waals surface area contributed by atoms with E-state index >= 15 is 0 Å². The molecule has 0 aliphatic carbocycles. The van der Waals surface area contributed by atoms with Crippen molar-refractivity contribution in [3.63, 3.8) is 0 Å². The van der Waals surface area contributed by atoms with Gasteiger partial charge in [0.25, 0.3) is 0 Å². The number of hydrogen-bond donors (Lipinski definition) is 3. The maximum Gasteiger partial charge on any atom is 0.240 e. The zero-order valence-electron chi connectivity index (χ0n) is 10.0. The number of nitrogens with two attached hydrogens (primary N) is 1. The number of sulfonamides is 1. The highest BCUT2D eigenvalue weighted by Gasteiger charge is 2.14. The molecule has 0 aliphatic heterocycles. The van der Waals surface area contributed by atoms with Crippen molar-refractivity contribution in [1.29, 1.82) is 0 Å². The molecule has 19 heavy (non-hydrogen) atoms. The standard InChI is InChI=1S/C10H14N6O2S/c11-15-10-8-9(2-4-12-10)19(17,18)14-5-7-16-6-1-3-13-16/h1-4,6,8,14H,5,7,11H2,(H,12,15). The van der Waals surface area contributed by atoms with Crippen LogP contribution in [0.1, 0.15) is 0 Å². The Morgan fingerprint density at radius 1 is 1.37 bits per heavy atom. The third kappa shape index (κ3) is 3.50. The number of hydrazine groups is 1. The quantitative estimate of drug-likeness (QED) is 0.488. The molecule has 0 unspecified atom stereocenters. The van der Waals surface area contributed by atoms with Crippen molar-refractivity contribution in [2.45, 2.75) is 11.4 Å². The second-order valence-corrected chi connectivity index (χ2v) is 5.45. The summed E-state index contributed by atoms with van der Waals surface area (Å²) in [5.74, 6) is 5.47. The molecule has 0 aromatic carbocycles. The minimum Gasteiger partial charge on any atom is -0.308 e. The Bertz CT molecular complexity index is 625. The highest BCUT2D eigenvalue weighted by molar-refractivity contribution is 7.89. The Hall–Kier alpha value is -1.97. The van der Waals surface area contributed by atoms with Gasteiger partial charge in [0.15, 0.2) is 0 Å². The molecule has 102 valence electrons. The number of anilines is 1. The van der Waals surface area contributed by atoms with Crippen LogP contribution in [0.2, 0.25) is 0 Å². The average molecular weight is 282 g/mol. The van der Waals surface area contributed by atoms with Crippen LogP contribution in [0, 0.1) is 0 Å². The number of nitrogen functional groups attached to an aromatic ring is 1. The molecule has 0 bridgehead atoms. The van der Waals surface area contributed by atoms with E-state index in [9.17, 15) is 8.42 Å². The predicted molar refractivity (Wildman–Crippen MR) is 69.5 cm³/mol. The Labute approximate surface area is 110 Å². The van der Waals surface area contributed by atoms with Crippen LogP contribution in [0.15, 0.2) is 41.7 Å². The van der Waals surface area contributed by atoms with Crippen molar-refractivity contribution in [1.82, 2.24) is 19.5 Å². The summed E-state index contributed by atoms with van der Waals surface area (Å²) in [6, 6.07) is 4.53. The van der Waals surface area contributed by atoms with Crippen LogP contribution >= 0.6 is 0 Å². The van der Waals surface area contributed by atoms with Gasteiger partial charge < -0.3 is 5.43 Å². The number of nitrogens with one attached hydrogen (secondary N) is 2. The molecule has 2 rings (SSSR count). The highest BCUT2D eigenvalue weighted by Crippen LogP contribution is 2.11. The zero-order valence-corrected chi connectivity index (χ0v) is 10.8. The van der Waals surface area contributed by atoms with Crippen LogP contribution in [0.3, 0.4) is 0 Å². The minimum absolute atomic E-state index is 0.107. The van der Waals surface area contributed by atoms with E-state index in [0.29, 0.717) is 6.54 Å². The number of rotatable bonds is 6. The normalized spacial score (nSPS) is 11.4. The molecule has 2 heterocycles. The summed E-state index contributed by atoms with van der Waals surface area (Å²) in [7, 11) is -3.57. The molecule has 0 saturated heterocycles. The van der Waals surface area contributed by atoms with Gasteiger partial charge in [0.1, 0.15) is 5.82 Å². The zero-order chi connectivity index (χ0) is 13.7. The fourth-order valence-corrected chi connectivity index (χ4v) is 2.50. The van der Waals surface area contributed by atoms with Gasteiger partial charge in [-0.1, -0.05) is 0 Å². The first-order chi connectivity index (χ1) is 9.12. The largest absolute Gasteiger partial charge is 0.308 e. The molecule has 0 saturated carbocycles. The summed E-state index contributed by atoms with van der Waals surface area (Å²) < 4.78 is 28.1. The van der Waals surface area contributed by atoms with E-state index in [1.807, 2.05) is 0 Å². The van der Waals surface area contributed by atoms with E-state index in [0.717, 1.165) is 0 Å². The monoisotopic (exact) mass is 282 g/mol. The number of pyridine rings is 1. The Morgan fingerprint density at radius 2 is 2.21 bits per heavy atom. The van der Waals surface area contributed by atoms with Crippen LogP contribution in [-0.2, 0) is 16.6 Å². The molecular weight excluding hydrogens is 268 g/mol. The second kappa shape index (κ2) is 5.78. The minimum atomic E-state index is -3.57. The van der Waals surface area contributed by atoms with Crippen LogP contribution in [-0.4, -0.2) is 29.7 Å². The van der Waals surface area contributed by atoms with E-state index in [-0.39, 0.29) is 17.3 Å². The van der Waals surface area contributed by atoms with Crippen LogP contribution in [0.25, 0.3) is 0 Å². The van der Waals surface area contributed by atoms with Crippen LogP contribution in [0.5, 0.6) is 0 Å². The maximum atomic E-state index is 12.0. The van der Waals surface area contributed by atoms with Gasteiger partial charge in [0.2, 0.25) is 10.0 Å². The maximum absolute atomic E-state index is 12.0. The van der Waals surface area contributed by atoms with Gasteiger partial charge in [-0.05, 0) is 12.1 Å². The Kier molecular flexibility index (Phi) is 4.10. The average Bonchev–Trinajstić information content (AvgIpc) is 2.92. The van der Waals surface area contributed by atoms with Gasteiger partial charge in [-0.3, -0.25) is 4.68 Å². The van der Waals surface area contributed by atoms with E-state index < -0.39 is 10.0 Å². The SMILES string of the molecule is NNc1cc(S(=O)(=O)NCCn2cccn2)ccn1. The molecule has 8 nitrogen and oxygen atoms in total. The van der Waals surface area contributed by atoms with E-state index in [4.69, 9.17) is 5.84 Å². The first-order valence-electron chi connectivity index (χ1n) is 5.51. The molecule has 9 heteroatoms. The second-order valence-electron chi connectivity index (χ2n) is 3.69. The van der Waals surface area contributed by atoms with Crippen molar-refractivity contribution in [3.8, 4) is 0 Å². The summed E-state index contributed by atoms with van der Waals surface area (Å²) in [6.07, 6.45) is 4.77. The van der Waals surface area contributed by atoms with E-state index in [1.54, 1.807) is 23.1 Å². The van der Waals surface area contributed by atoms with Crippen molar-refractivity contribution in [3.05, 3.63) is 36.8 Å². The van der Waals surface area contributed by atoms with Crippen molar-refractivity contribution < 1.29 is 8.42 Å². The van der Waals surface area contributed by atoms with Crippen LogP contribution in [0.4, 0.5) is 5.82 Å². The first-order valence-corrected chi connectivity index (χ1v) is 7.00. The molecule has 0 radical (unpaired) electrons. The number of hydrogen-bond acceptors (Lipinski definition) is 6. The molecule has 4 N–H and O–H groups in total. The van der Waals surface area contributed by atoms with Crippen molar-refractivity contribution in [2.24, 2.45) is 5.84 Å². The summed E-state index contributed by atoms with van der Waals surface area (Å²) >= 11 is 0. The summed E-state index contributed by atoms with van der Waals surface area (Å²) in [6.45, 7) is 0.705. The fourth-order valence-electron chi connectivity index (χ4n) is 1.47. The number of aromatic nitrogens is 3. The van der Waals surface area contributed by atoms with Crippen molar-refractivity contribution in [2.75, 3.05) is 12.0 Å². The topological polar surface area (TPSA) is 115 Å². The highest BCUT2D eigenvalue weighted by atomic mass is 32.2.